The van der Waals surface area contributed by atoms with E-state index in [0.717, 1.165) is 17.0 Å². The lowest BCUT2D eigenvalue weighted by molar-refractivity contribution is -0.275. The van der Waals surface area contributed by atoms with E-state index in [1.165, 1.54) is 17.2 Å². The Kier molecular flexibility index (Phi) is 6.89. The Bertz CT molecular complexity index is 1330. The van der Waals surface area contributed by atoms with Crippen molar-refractivity contribution >= 4 is 34.9 Å². The van der Waals surface area contributed by atoms with Crippen LogP contribution in [-0.2, 0) is 23.5 Å². The Morgan fingerprint density at radius 1 is 1.05 bits per heavy atom. The van der Waals surface area contributed by atoms with Gasteiger partial charge in [-0.25, -0.2) is 4.39 Å². The van der Waals surface area contributed by atoms with Gasteiger partial charge in [-0.1, -0.05) is 28.4 Å². The van der Waals surface area contributed by atoms with Crippen LogP contribution >= 0.6 is 23.2 Å². The van der Waals surface area contributed by atoms with E-state index in [1.807, 2.05) is 0 Å². The molecule has 0 spiro atoms. The molecule has 4 heterocycles. The smallest absolute Gasteiger partial charge is 0.372 e. The summed E-state index contributed by atoms with van der Waals surface area (Å²) in [4.78, 5) is 24.6. The second-order valence-electron chi connectivity index (χ2n) is 9.68. The molecule has 0 aliphatic carbocycles. The fraction of sp³-hybridized carbons (Fsp3) is 0.458. The van der Waals surface area contributed by atoms with Gasteiger partial charge < -0.3 is 14.6 Å². The highest BCUT2D eigenvalue weighted by atomic mass is 35.5. The van der Waals surface area contributed by atoms with Gasteiger partial charge in [0.25, 0.3) is 11.5 Å². The van der Waals surface area contributed by atoms with E-state index in [-0.39, 0.29) is 44.0 Å². The first-order chi connectivity index (χ1) is 18.2. The van der Waals surface area contributed by atoms with Crippen molar-refractivity contribution in [3.63, 3.8) is 0 Å². The highest BCUT2D eigenvalue weighted by molar-refractivity contribution is 6.35. The molecule has 0 radical (unpaired) electrons. The quantitative estimate of drug-likeness (QED) is 0.294. The molecule has 1 fully saturated rings. The zero-order chi connectivity index (χ0) is 28.3. The lowest BCUT2D eigenvalue weighted by Gasteiger charge is -2.33. The number of pyridine rings is 1. The topological polar surface area (TPSA) is 58.0 Å². The number of carbonyl (C=O) groups excluding carboxylic acids is 1. The molecule has 1 saturated heterocycles. The molecule has 2 atom stereocenters. The summed E-state index contributed by atoms with van der Waals surface area (Å²) in [5.41, 5.74) is -2.35. The van der Waals surface area contributed by atoms with Gasteiger partial charge in [0.2, 0.25) is 0 Å². The number of amides is 1. The van der Waals surface area contributed by atoms with Crippen LogP contribution < -0.4 is 0 Å². The largest absolute Gasteiger partial charge is 0.435 e. The first-order valence-electron chi connectivity index (χ1n) is 11.7. The minimum absolute atomic E-state index is 0.0525. The molecular weight excluding hydrogens is 580 g/mol. The predicted molar refractivity (Wildman–Crippen MR) is 125 cm³/mol. The first-order valence-corrected chi connectivity index (χ1v) is 12.5. The fourth-order valence-electron chi connectivity index (χ4n) is 5.02. The SMILES string of the molecule is O=C(c1cc2c(cn1)CN(C1=NOC(c3cc(Cl)c(F)c(Cl)c3)(C(F)(F)F)C1)C2)N1CCCC(C(F)(F)F)C1. The number of halogens is 9. The molecule has 1 aromatic carbocycles. The van der Waals surface area contributed by atoms with Crippen LogP contribution in [0.25, 0.3) is 0 Å². The van der Waals surface area contributed by atoms with Gasteiger partial charge in [0.05, 0.1) is 22.4 Å². The molecule has 210 valence electrons. The van der Waals surface area contributed by atoms with Crippen molar-refractivity contribution in [1.82, 2.24) is 14.8 Å². The Morgan fingerprint density at radius 2 is 1.72 bits per heavy atom. The number of likely N-dealkylation sites (tertiary alicyclic amines) is 1. The van der Waals surface area contributed by atoms with Crippen LogP contribution in [0.4, 0.5) is 30.7 Å². The first kappa shape index (κ1) is 27.8. The molecule has 0 saturated carbocycles. The van der Waals surface area contributed by atoms with Gasteiger partial charge in [0, 0.05) is 37.9 Å². The van der Waals surface area contributed by atoms with Crippen molar-refractivity contribution in [2.45, 2.75) is 50.3 Å². The summed E-state index contributed by atoms with van der Waals surface area (Å²) >= 11 is 11.5. The minimum Gasteiger partial charge on any atom is -0.372 e. The summed E-state index contributed by atoms with van der Waals surface area (Å²) in [6.45, 7) is -0.123. The normalized spacial score (nSPS) is 23.5. The van der Waals surface area contributed by atoms with Crippen molar-refractivity contribution in [1.29, 1.82) is 0 Å². The molecule has 39 heavy (non-hydrogen) atoms. The van der Waals surface area contributed by atoms with Crippen LogP contribution in [0, 0.1) is 11.7 Å². The molecule has 0 N–H and O–H groups in total. The number of benzene rings is 1. The van der Waals surface area contributed by atoms with Crippen LogP contribution in [0.2, 0.25) is 10.0 Å². The van der Waals surface area contributed by atoms with E-state index in [0.29, 0.717) is 11.1 Å². The standard InChI is InChI=1S/C24H19Cl2F7N4O2/c25-16-5-15(6-17(26)20(16)27)22(24(31,32)33)7-19(35-39-22)37-9-12-4-18(34-8-13(12)10-37)21(38)36-3-1-2-14(11-36)23(28,29)30/h4-6,8,14H,1-3,7,9-11H2. The molecule has 2 aromatic rings. The number of piperidine rings is 1. The van der Waals surface area contributed by atoms with Crippen molar-refractivity contribution in [2.75, 3.05) is 13.1 Å². The summed E-state index contributed by atoms with van der Waals surface area (Å²) in [6, 6.07) is 3.01. The number of hydrogen-bond acceptors (Lipinski definition) is 5. The number of amidine groups is 1. The maximum Gasteiger partial charge on any atom is 0.435 e. The third-order valence-corrected chi connectivity index (χ3v) is 7.73. The molecule has 5 rings (SSSR count). The van der Waals surface area contributed by atoms with E-state index in [1.54, 1.807) is 0 Å². The molecule has 2 unspecified atom stereocenters. The average Bonchev–Trinajstić information content (AvgIpc) is 3.51. The molecule has 6 nitrogen and oxygen atoms in total. The van der Waals surface area contributed by atoms with Gasteiger partial charge in [-0.15, -0.1) is 0 Å². The van der Waals surface area contributed by atoms with Crippen LogP contribution in [0.15, 0.2) is 29.6 Å². The molecule has 15 heteroatoms. The molecular formula is C24H19Cl2F7N4O2. The minimum atomic E-state index is -4.97. The number of aromatic nitrogens is 1. The highest BCUT2D eigenvalue weighted by Gasteiger charge is 2.63. The summed E-state index contributed by atoms with van der Waals surface area (Å²) in [5.74, 6) is -3.38. The van der Waals surface area contributed by atoms with Crippen LogP contribution in [-0.4, -0.2) is 52.0 Å². The number of oxime groups is 1. The molecule has 3 aliphatic heterocycles. The van der Waals surface area contributed by atoms with Crippen molar-refractivity contribution in [2.24, 2.45) is 11.1 Å². The van der Waals surface area contributed by atoms with Gasteiger partial charge in [-0.3, -0.25) is 9.78 Å². The van der Waals surface area contributed by atoms with E-state index in [9.17, 15) is 35.5 Å². The monoisotopic (exact) mass is 598 g/mol. The molecule has 3 aliphatic rings. The fourth-order valence-corrected chi connectivity index (χ4v) is 5.51. The number of rotatable bonds is 2. The number of fused-ring (bicyclic) bond motifs is 1. The summed E-state index contributed by atoms with van der Waals surface area (Å²) in [7, 11) is 0. The second-order valence-corrected chi connectivity index (χ2v) is 10.5. The van der Waals surface area contributed by atoms with E-state index >= 15 is 0 Å². The number of hydrogen-bond donors (Lipinski definition) is 0. The third-order valence-electron chi connectivity index (χ3n) is 7.18. The van der Waals surface area contributed by atoms with Crippen molar-refractivity contribution in [3.8, 4) is 0 Å². The zero-order valence-corrected chi connectivity index (χ0v) is 21.4. The van der Waals surface area contributed by atoms with Crippen LogP contribution in [0.5, 0.6) is 0 Å². The van der Waals surface area contributed by atoms with Gasteiger partial charge in [-0.2, -0.15) is 26.3 Å². The lowest BCUT2D eigenvalue weighted by atomic mass is 9.89. The Hall–Kier alpha value is -2.80. The van der Waals surface area contributed by atoms with Gasteiger partial charge in [0.1, 0.15) is 11.5 Å². The molecule has 1 amide bonds. The second kappa shape index (κ2) is 9.69. The lowest BCUT2D eigenvalue weighted by Crippen LogP contribution is -2.44. The van der Waals surface area contributed by atoms with Crippen LogP contribution in [0.3, 0.4) is 0 Å². The third kappa shape index (κ3) is 4.99. The maximum atomic E-state index is 14.3. The van der Waals surface area contributed by atoms with E-state index < -0.39 is 64.2 Å². The van der Waals surface area contributed by atoms with E-state index in [2.05, 4.69) is 10.1 Å². The van der Waals surface area contributed by atoms with Crippen molar-refractivity contribution in [3.05, 3.63) is 62.6 Å². The average molecular weight is 599 g/mol. The highest BCUT2D eigenvalue weighted by Crippen LogP contribution is 2.50. The Morgan fingerprint density at radius 3 is 2.36 bits per heavy atom. The number of carbonyl (C=O) groups is 1. The number of alkyl halides is 6. The zero-order valence-electron chi connectivity index (χ0n) is 19.8. The van der Waals surface area contributed by atoms with Gasteiger partial charge in [-0.05, 0) is 42.2 Å². The number of nitrogens with zero attached hydrogens (tertiary/aromatic N) is 4. The summed E-state index contributed by atoms with van der Waals surface area (Å²) in [6.07, 6.45) is -8.61. The van der Waals surface area contributed by atoms with Crippen LogP contribution in [0.1, 0.15) is 46.4 Å². The van der Waals surface area contributed by atoms with Gasteiger partial charge in [0.15, 0.2) is 5.82 Å². The maximum absolute atomic E-state index is 14.3. The molecule has 1 aromatic heterocycles. The summed E-state index contributed by atoms with van der Waals surface area (Å²) in [5, 5.41) is 2.47. The summed E-state index contributed by atoms with van der Waals surface area (Å²) < 4.78 is 96.2. The molecule has 0 bridgehead atoms. The predicted octanol–water partition coefficient (Wildman–Crippen LogP) is 6.45. The Balaban J connectivity index is 1.33. The Labute approximate surface area is 227 Å². The van der Waals surface area contributed by atoms with Crippen molar-refractivity contribution < 1.29 is 40.4 Å². The van der Waals surface area contributed by atoms with E-state index in [4.69, 9.17) is 28.0 Å². The van der Waals surface area contributed by atoms with Gasteiger partial charge >= 0.3 is 12.4 Å².